The first kappa shape index (κ1) is 16.8. The monoisotopic (exact) mass is 330 g/mol. The molecule has 1 saturated heterocycles. The van der Waals surface area contributed by atoms with E-state index in [1.54, 1.807) is 6.92 Å². The van der Waals surface area contributed by atoms with E-state index in [1.807, 2.05) is 10.9 Å². The Hall–Kier alpha value is -2.02. The van der Waals surface area contributed by atoms with E-state index in [2.05, 4.69) is 54.0 Å². The highest BCUT2D eigenvalue weighted by Gasteiger charge is 2.31. The van der Waals surface area contributed by atoms with Crippen LogP contribution in [0.1, 0.15) is 75.8 Å². The van der Waals surface area contributed by atoms with Crippen LogP contribution in [0.15, 0.2) is 12.3 Å². The average Bonchev–Trinajstić information content (AvgIpc) is 2.95. The molecule has 1 N–H and O–H groups in total. The Morgan fingerprint density at radius 1 is 1.04 bits per heavy atom. The highest BCUT2D eigenvalue weighted by molar-refractivity contribution is 5.44. The van der Waals surface area contributed by atoms with E-state index in [0.717, 1.165) is 30.4 Å². The van der Waals surface area contributed by atoms with Crippen LogP contribution in [0.5, 0.6) is 0 Å². The predicted octanol–water partition coefficient (Wildman–Crippen LogP) is 2.43. The van der Waals surface area contributed by atoms with Crippen molar-refractivity contribution in [1.29, 1.82) is 0 Å². The third kappa shape index (κ3) is 3.26. The second-order valence-electron chi connectivity index (χ2n) is 7.18. The lowest BCUT2D eigenvalue weighted by Crippen LogP contribution is -2.48. The van der Waals surface area contributed by atoms with E-state index in [0.29, 0.717) is 17.5 Å². The summed E-state index contributed by atoms with van der Waals surface area (Å²) in [4.78, 5) is 11.7. The molecule has 1 atom stereocenters. The van der Waals surface area contributed by atoms with Gasteiger partial charge in [0.15, 0.2) is 0 Å². The molecule has 1 aliphatic heterocycles. The van der Waals surface area contributed by atoms with Crippen molar-refractivity contribution in [2.24, 2.45) is 0 Å². The molecular weight excluding hydrogens is 304 g/mol. The summed E-state index contributed by atoms with van der Waals surface area (Å²) in [5.41, 5.74) is 1.70. The SMILES string of the molecule is CC(C)c1cc(N2CC(n3cc([C@H](C)O)nn3)C2)nc(C(C)C)n1. The third-order valence-corrected chi connectivity index (χ3v) is 4.37. The number of hydrogen-bond donors (Lipinski definition) is 1. The van der Waals surface area contributed by atoms with Crippen LogP contribution in [0.25, 0.3) is 0 Å². The zero-order chi connectivity index (χ0) is 17.4. The lowest BCUT2D eigenvalue weighted by atomic mass is 10.1. The minimum atomic E-state index is -0.584. The van der Waals surface area contributed by atoms with Gasteiger partial charge in [-0.3, -0.25) is 0 Å². The zero-order valence-electron chi connectivity index (χ0n) is 15.0. The van der Waals surface area contributed by atoms with Gasteiger partial charge in [0.1, 0.15) is 17.3 Å². The van der Waals surface area contributed by atoms with Crippen LogP contribution in [0.4, 0.5) is 5.82 Å². The van der Waals surface area contributed by atoms with Crippen molar-refractivity contribution in [2.45, 2.75) is 58.6 Å². The molecule has 1 fully saturated rings. The Morgan fingerprint density at radius 2 is 1.75 bits per heavy atom. The molecule has 130 valence electrons. The second-order valence-corrected chi connectivity index (χ2v) is 7.18. The van der Waals surface area contributed by atoms with Crippen LogP contribution in [0, 0.1) is 0 Å². The summed E-state index contributed by atoms with van der Waals surface area (Å²) in [5.74, 6) is 2.58. The first-order valence-electron chi connectivity index (χ1n) is 8.58. The molecule has 0 aromatic carbocycles. The Labute approximate surface area is 142 Å². The molecule has 1 aliphatic rings. The van der Waals surface area contributed by atoms with E-state index >= 15 is 0 Å². The summed E-state index contributed by atoms with van der Waals surface area (Å²) < 4.78 is 1.84. The van der Waals surface area contributed by atoms with Crippen molar-refractivity contribution in [3.8, 4) is 0 Å². The van der Waals surface area contributed by atoms with E-state index in [4.69, 9.17) is 4.98 Å². The lowest BCUT2D eigenvalue weighted by molar-refractivity contribution is 0.194. The molecule has 0 radical (unpaired) electrons. The minimum Gasteiger partial charge on any atom is -0.387 e. The fourth-order valence-corrected chi connectivity index (χ4v) is 2.66. The molecule has 24 heavy (non-hydrogen) atoms. The molecule has 3 heterocycles. The number of rotatable bonds is 5. The number of aromatic nitrogens is 5. The summed E-state index contributed by atoms with van der Waals surface area (Å²) in [6, 6.07) is 2.36. The van der Waals surface area contributed by atoms with E-state index < -0.39 is 6.10 Å². The molecule has 0 bridgehead atoms. The van der Waals surface area contributed by atoms with Gasteiger partial charge in [0.2, 0.25) is 0 Å². The fourth-order valence-electron chi connectivity index (χ4n) is 2.66. The Morgan fingerprint density at radius 3 is 2.29 bits per heavy atom. The third-order valence-electron chi connectivity index (χ3n) is 4.37. The number of anilines is 1. The Bertz CT molecular complexity index is 677. The number of aliphatic hydroxyl groups excluding tert-OH is 1. The van der Waals surface area contributed by atoms with Gasteiger partial charge in [0, 0.05) is 30.8 Å². The highest BCUT2D eigenvalue weighted by atomic mass is 16.3. The summed E-state index contributed by atoms with van der Waals surface area (Å²) >= 11 is 0. The molecule has 2 aromatic rings. The Balaban J connectivity index is 1.74. The summed E-state index contributed by atoms with van der Waals surface area (Å²) in [6.07, 6.45) is 1.24. The summed E-state index contributed by atoms with van der Waals surface area (Å²) in [5, 5.41) is 17.7. The maximum absolute atomic E-state index is 9.56. The van der Waals surface area contributed by atoms with E-state index in [9.17, 15) is 5.11 Å². The maximum atomic E-state index is 9.56. The highest BCUT2D eigenvalue weighted by Crippen LogP contribution is 2.29. The molecular formula is C17H26N6O. The largest absolute Gasteiger partial charge is 0.387 e. The van der Waals surface area contributed by atoms with Gasteiger partial charge in [-0.15, -0.1) is 5.10 Å². The van der Waals surface area contributed by atoms with E-state index in [-0.39, 0.29) is 6.04 Å². The normalized spacial score (nSPS) is 16.8. The van der Waals surface area contributed by atoms with Crippen LogP contribution in [-0.4, -0.2) is 43.2 Å². The smallest absolute Gasteiger partial charge is 0.133 e. The van der Waals surface area contributed by atoms with Crippen molar-refractivity contribution in [2.75, 3.05) is 18.0 Å². The van der Waals surface area contributed by atoms with Crippen molar-refractivity contribution >= 4 is 5.82 Å². The lowest BCUT2D eigenvalue weighted by Gasteiger charge is -2.40. The van der Waals surface area contributed by atoms with Crippen LogP contribution in [0.3, 0.4) is 0 Å². The topological polar surface area (TPSA) is 80.0 Å². The van der Waals surface area contributed by atoms with Crippen LogP contribution >= 0.6 is 0 Å². The van der Waals surface area contributed by atoms with Gasteiger partial charge in [-0.1, -0.05) is 32.9 Å². The van der Waals surface area contributed by atoms with Gasteiger partial charge in [-0.2, -0.15) is 0 Å². The average molecular weight is 330 g/mol. The fraction of sp³-hybridized carbons (Fsp3) is 0.647. The first-order chi connectivity index (χ1) is 11.3. The van der Waals surface area contributed by atoms with Crippen LogP contribution < -0.4 is 4.90 Å². The minimum absolute atomic E-state index is 0.268. The molecule has 0 aliphatic carbocycles. The number of aliphatic hydroxyl groups is 1. The molecule has 0 spiro atoms. The maximum Gasteiger partial charge on any atom is 0.133 e. The molecule has 3 rings (SSSR count). The molecule has 0 unspecified atom stereocenters. The van der Waals surface area contributed by atoms with Gasteiger partial charge in [-0.05, 0) is 12.8 Å². The molecule has 7 heteroatoms. The van der Waals surface area contributed by atoms with Crippen molar-refractivity contribution in [3.63, 3.8) is 0 Å². The van der Waals surface area contributed by atoms with Gasteiger partial charge in [0.25, 0.3) is 0 Å². The number of hydrogen-bond acceptors (Lipinski definition) is 6. The molecule has 7 nitrogen and oxygen atoms in total. The first-order valence-corrected chi connectivity index (χ1v) is 8.58. The van der Waals surface area contributed by atoms with E-state index in [1.165, 1.54) is 0 Å². The van der Waals surface area contributed by atoms with Gasteiger partial charge >= 0.3 is 0 Å². The predicted molar refractivity (Wildman–Crippen MR) is 92.1 cm³/mol. The molecule has 0 saturated carbocycles. The van der Waals surface area contributed by atoms with Crippen molar-refractivity contribution < 1.29 is 5.11 Å². The van der Waals surface area contributed by atoms with Crippen molar-refractivity contribution in [1.82, 2.24) is 25.0 Å². The molecule has 0 amide bonds. The van der Waals surface area contributed by atoms with Gasteiger partial charge in [0.05, 0.1) is 18.3 Å². The number of nitrogens with zero attached hydrogens (tertiary/aromatic N) is 6. The van der Waals surface area contributed by atoms with Crippen LogP contribution in [0.2, 0.25) is 0 Å². The second kappa shape index (κ2) is 6.47. The quantitative estimate of drug-likeness (QED) is 0.907. The molecule has 2 aromatic heterocycles. The summed E-state index contributed by atoms with van der Waals surface area (Å²) in [7, 11) is 0. The standard InChI is InChI=1S/C17H26N6O/c1-10(2)14-6-16(19-17(18-14)11(3)4)22-7-13(8-22)23-9-15(12(5)24)20-21-23/h6,9-13,24H,7-8H2,1-5H3/t12-/m0/s1. The zero-order valence-corrected chi connectivity index (χ0v) is 15.0. The summed E-state index contributed by atoms with van der Waals surface area (Å²) in [6.45, 7) is 11.9. The van der Waals surface area contributed by atoms with Crippen LogP contribution in [-0.2, 0) is 0 Å². The van der Waals surface area contributed by atoms with Gasteiger partial charge < -0.3 is 10.0 Å². The Kier molecular flexibility index (Phi) is 4.54. The van der Waals surface area contributed by atoms with Gasteiger partial charge in [-0.25, -0.2) is 14.6 Å². The van der Waals surface area contributed by atoms with Crippen molar-refractivity contribution in [3.05, 3.63) is 29.5 Å².